The van der Waals surface area contributed by atoms with E-state index in [4.69, 9.17) is 4.74 Å². The highest BCUT2D eigenvalue weighted by Crippen LogP contribution is 2.16. The lowest BCUT2D eigenvalue weighted by atomic mass is 10.2. The fraction of sp³-hybridized carbons (Fsp3) is 0.500. The third-order valence-corrected chi connectivity index (χ3v) is 3.96. The summed E-state index contributed by atoms with van der Waals surface area (Å²) in [5, 5.41) is 2.96. The van der Waals surface area contributed by atoms with Crippen molar-refractivity contribution in [2.24, 2.45) is 0 Å². The molecule has 1 N–H and O–H groups in total. The van der Waals surface area contributed by atoms with Crippen molar-refractivity contribution in [3.05, 3.63) is 30.1 Å². The fourth-order valence-corrected chi connectivity index (χ4v) is 2.81. The molecule has 0 saturated carbocycles. The average Bonchev–Trinajstić information content (AvgIpc) is 3.10. The van der Waals surface area contributed by atoms with E-state index in [1.165, 1.54) is 0 Å². The second-order valence-electron chi connectivity index (χ2n) is 5.49. The molecule has 0 radical (unpaired) electrons. The van der Waals surface area contributed by atoms with Gasteiger partial charge in [0.1, 0.15) is 5.82 Å². The summed E-state index contributed by atoms with van der Waals surface area (Å²) < 4.78 is 7.60. The lowest BCUT2D eigenvalue weighted by Gasteiger charge is -2.11. The summed E-state index contributed by atoms with van der Waals surface area (Å²) in [5.41, 5.74) is 2.07. The Hall–Kier alpha value is -1.88. The fourth-order valence-electron chi connectivity index (χ4n) is 2.81. The Morgan fingerprint density at radius 3 is 3.14 bits per heavy atom. The molecule has 1 aromatic heterocycles. The van der Waals surface area contributed by atoms with Crippen LogP contribution in [0, 0.1) is 6.92 Å². The molecular formula is C16H21N3O2. The third kappa shape index (κ3) is 3.24. The van der Waals surface area contributed by atoms with Gasteiger partial charge >= 0.3 is 0 Å². The van der Waals surface area contributed by atoms with E-state index in [1.807, 2.05) is 31.2 Å². The number of imidazole rings is 1. The van der Waals surface area contributed by atoms with Crippen LogP contribution in [0.15, 0.2) is 24.3 Å². The van der Waals surface area contributed by atoms with Crippen LogP contribution in [0.3, 0.4) is 0 Å². The minimum atomic E-state index is 0.0719. The summed E-state index contributed by atoms with van der Waals surface area (Å²) in [6, 6.07) is 8.01. The van der Waals surface area contributed by atoms with Crippen LogP contribution < -0.4 is 5.32 Å². The molecule has 1 aliphatic rings. The monoisotopic (exact) mass is 287 g/mol. The van der Waals surface area contributed by atoms with Gasteiger partial charge in [0, 0.05) is 26.1 Å². The number of hydrogen-bond acceptors (Lipinski definition) is 3. The van der Waals surface area contributed by atoms with Crippen LogP contribution >= 0.6 is 0 Å². The molecule has 1 amide bonds. The molecule has 1 fully saturated rings. The Kier molecular flexibility index (Phi) is 4.20. The Morgan fingerprint density at radius 1 is 1.48 bits per heavy atom. The average molecular weight is 287 g/mol. The first kappa shape index (κ1) is 14.1. The van der Waals surface area contributed by atoms with Crippen LogP contribution in [0.25, 0.3) is 11.0 Å². The van der Waals surface area contributed by atoms with Gasteiger partial charge in [-0.3, -0.25) is 4.79 Å². The quantitative estimate of drug-likeness (QED) is 0.915. The first-order chi connectivity index (χ1) is 10.2. The van der Waals surface area contributed by atoms with E-state index < -0.39 is 0 Å². The maximum Gasteiger partial charge on any atom is 0.221 e. The summed E-state index contributed by atoms with van der Waals surface area (Å²) >= 11 is 0. The number of carbonyl (C=O) groups excluding carboxylic acids is 1. The van der Waals surface area contributed by atoms with Crippen molar-refractivity contribution in [1.82, 2.24) is 14.9 Å². The molecule has 0 aliphatic carbocycles. The lowest BCUT2D eigenvalue weighted by Crippen LogP contribution is -2.32. The predicted molar refractivity (Wildman–Crippen MR) is 81.1 cm³/mol. The van der Waals surface area contributed by atoms with Gasteiger partial charge in [-0.05, 0) is 31.9 Å². The van der Waals surface area contributed by atoms with Crippen molar-refractivity contribution >= 4 is 16.9 Å². The SMILES string of the molecule is Cc1nc2ccccc2n1CCC(=O)NC[C@@H]1CCCO1. The van der Waals surface area contributed by atoms with Gasteiger partial charge in [-0.25, -0.2) is 4.98 Å². The van der Waals surface area contributed by atoms with Crippen molar-refractivity contribution in [2.45, 2.75) is 38.8 Å². The highest BCUT2D eigenvalue weighted by Gasteiger charge is 2.16. The summed E-state index contributed by atoms with van der Waals surface area (Å²) in [6.07, 6.45) is 2.81. The van der Waals surface area contributed by atoms with Crippen molar-refractivity contribution in [1.29, 1.82) is 0 Å². The molecule has 0 unspecified atom stereocenters. The van der Waals surface area contributed by atoms with E-state index in [1.54, 1.807) is 0 Å². The van der Waals surface area contributed by atoms with Crippen LogP contribution in [0.5, 0.6) is 0 Å². The summed E-state index contributed by atoms with van der Waals surface area (Å²) in [6.45, 7) is 4.08. The largest absolute Gasteiger partial charge is 0.376 e. The molecule has 1 aromatic carbocycles. The van der Waals surface area contributed by atoms with Gasteiger partial charge < -0.3 is 14.6 Å². The van der Waals surface area contributed by atoms with Gasteiger partial charge in [-0.1, -0.05) is 12.1 Å². The number of nitrogens with one attached hydrogen (secondary N) is 1. The van der Waals surface area contributed by atoms with Crippen LogP contribution in [0.2, 0.25) is 0 Å². The highest BCUT2D eigenvalue weighted by atomic mass is 16.5. The molecule has 1 saturated heterocycles. The lowest BCUT2D eigenvalue weighted by molar-refractivity contribution is -0.121. The Labute approximate surface area is 124 Å². The summed E-state index contributed by atoms with van der Waals surface area (Å²) in [7, 11) is 0. The molecule has 3 rings (SSSR count). The molecule has 1 aliphatic heterocycles. The number of rotatable bonds is 5. The van der Waals surface area contributed by atoms with E-state index in [0.29, 0.717) is 19.5 Å². The Bertz CT molecular complexity index is 629. The van der Waals surface area contributed by atoms with Gasteiger partial charge in [-0.15, -0.1) is 0 Å². The summed E-state index contributed by atoms with van der Waals surface area (Å²) in [5.74, 6) is 1.02. The molecular weight excluding hydrogens is 266 g/mol. The van der Waals surface area contributed by atoms with Gasteiger partial charge in [0.05, 0.1) is 17.1 Å². The van der Waals surface area contributed by atoms with Gasteiger partial charge in [0.25, 0.3) is 0 Å². The molecule has 2 heterocycles. The number of fused-ring (bicyclic) bond motifs is 1. The van der Waals surface area contributed by atoms with Crippen molar-refractivity contribution in [2.75, 3.05) is 13.2 Å². The Balaban J connectivity index is 1.56. The van der Waals surface area contributed by atoms with E-state index in [9.17, 15) is 4.79 Å². The van der Waals surface area contributed by atoms with Gasteiger partial charge in [0.15, 0.2) is 0 Å². The highest BCUT2D eigenvalue weighted by molar-refractivity contribution is 5.78. The molecule has 2 aromatic rings. The molecule has 1 atom stereocenters. The van der Waals surface area contributed by atoms with E-state index in [-0.39, 0.29) is 12.0 Å². The number of carbonyl (C=O) groups is 1. The second kappa shape index (κ2) is 6.26. The molecule has 21 heavy (non-hydrogen) atoms. The predicted octanol–water partition coefficient (Wildman–Crippen LogP) is 2.03. The van der Waals surface area contributed by atoms with Crippen molar-refractivity contribution in [3.8, 4) is 0 Å². The maximum atomic E-state index is 11.9. The van der Waals surface area contributed by atoms with Crippen LogP contribution in [0.4, 0.5) is 0 Å². The third-order valence-electron chi connectivity index (χ3n) is 3.96. The van der Waals surface area contributed by atoms with Gasteiger partial charge in [-0.2, -0.15) is 0 Å². The number of ether oxygens (including phenoxy) is 1. The number of aromatic nitrogens is 2. The molecule has 0 bridgehead atoms. The summed E-state index contributed by atoms with van der Waals surface area (Å²) in [4.78, 5) is 16.5. The molecule has 5 heteroatoms. The van der Waals surface area contributed by atoms with E-state index in [0.717, 1.165) is 36.3 Å². The number of amides is 1. The van der Waals surface area contributed by atoms with Crippen LogP contribution in [0.1, 0.15) is 25.1 Å². The minimum absolute atomic E-state index is 0.0719. The number of para-hydroxylation sites is 2. The normalized spacial score (nSPS) is 18.2. The van der Waals surface area contributed by atoms with Crippen molar-refractivity contribution < 1.29 is 9.53 Å². The standard InChI is InChI=1S/C16H21N3O2/c1-12-18-14-6-2-3-7-15(14)19(12)9-8-16(20)17-11-13-5-4-10-21-13/h2-3,6-7,13H,4-5,8-11H2,1H3,(H,17,20)/t13-/m0/s1. The van der Waals surface area contributed by atoms with Crippen LogP contribution in [-0.2, 0) is 16.1 Å². The number of nitrogens with zero attached hydrogens (tertiary/aromatic N) is 2. The zero-order chi connectivity index (χ0) is 14.7. The van der Waals surface area contributed by atoms with E-state index in [2.05, 4.69) is 14.9 Å². The second-order valence-corrected chi connectivity index (χ2v) is 5.49. The first-order valence-corrected chi connectivity index (χ1v) is 7.54. The minimum Gasteiger partial charge on any atom is -0.376 e. The number of benzene rings is 1. The van der Waals surface area contributed by atoms with Gasteiger partial charge in [0.2, 0.25) is 5.91 Å². The zero-order valence-electron chi connectivity index (χ0n) is 12.3. The zero-order valence-corrected chi connectivity index (χ0v) is 12.3. The maximum absolute atomic E-state index is 11.9. The topological polar surface area (TPSA) is 56.2 Å². The molecule has 112 valence electrons. The number of hydrogen-bond donors (Lipinski definition) is 1. The van der Waals surface area contributed by atoms with Crippen LogP contribution in [-0.4, -0.2) is 34.7 Å². The smallest absolute Gasteiger partial charge is 0.221 e. The molecule has 0 spiro atoms. The van der Waals surface area contributed by atoms with E-state index >= 15 is 0 Å². The number of aryl methyl sites for hydroxylation is 2. The van der Waals surface area contributed by atoms with Crippen molar-refractivity contribution in [3.63, 3.8) is 0 Å². The molecule has 5 nitrogen and oxygen atoms in total. The first-order valence-electron chi connectivity index (χ1n) is 7.54. The Morgan fingerprint density at radius 2 is 2.33 bits per heavy atom.